The van der Waals surface area contributed by atoms with Crippen LogP contribution in [0.2, 0.25) is 0 Å². The molecule has 0 spiro atoms. The average Bonchev–Trinajstić information content (AvgIpc) is 3.05. The monoisotopic (exact) mass is 336 g/mol. The highest BCUT2D eigenvalue weighted by atomic mass is 32.2. The molecule has 2 fully saturated rings. The first-order valence-corrected chi connectivity index (χ1v) is 9.67. The molecule has 1 saturated carbocycles. The molecule has 1 aromatic carbocycles. The Bertz CT molecular complexity index is 522. The molecule has 5 heteroatoms. The van der Waals surface area contributed by atoms with Crippen LogP contribution >= 0.6 is 11.8 Å². The molecule has 1 saturated heterocycles. The van der Waals surface area contributed by atoms with E-state index in [1.807, 2.05) is 23.9 Å². The van der Waals surface area contributed by atoms with Crippen molar-refractivity contribution in [3.8, 4) is 0 Å². The van der Waals surface area contributed by atoms with Crippen molar-refractivity contribution < 1.29 is 9.18 Å². The Morgan fingerprint density at radius 1 is 1.30 bits per heavy atom. The molecule has 23 heavy (non-hydrogen) atoms. The van der Waals surface area contributed by atoms with Crippen LogP contribution in [0.3, 0.4) is 0 Å². The van der Waals surface area contributed by atoms with Crippen LogP contribution < -0.4 is 10.6 Å². The highest BCUT2D eigenvalue weighted by Gasteiger charge is 2.36. The number of carbonyl (C=O) groups excluding carboxylic acids is 1. The van der Waals surface area contributed by atoms with Gasteiger partial charge in [0.25, 0.3) is 0 Å². The van der Waals surface area contributed by atoms with Crippen molar-refractivity contribution in [1.82, 2.24) is 10.6 Å². The second-order valence-corrected chi connectivity index (χ2v) is 7.85. The molecule has 1 aliphatic heterocycles. The Hall–Kier alpha value is -1.07. The van der Waals surface area contributed by atoms with Crippen LogP contribution in [0.1, 0.15) is 37.7 Å². The Labute approximate surface area is 141 Å². The topological polar surface area (TPSA) is 41.1 Å². The summed E-state index contributed by atoms with van der Waals surface area (Å²) in [5, 5.41) is 6.55. The highest BCUT2D eigenvalue weighted by Crippen LogP contribution is 2.40. The fourth-order valence-corrected chi connectivity index (χ4v) is 4.69. The minimum absolute atomic E-state index is 0.0158. The zero-order chi connectivity index (χ0) is 16.1. The molecule has 3 rings (SSSR count). The molecule has 2 aliphatic rings. The van der Waals surface area contributed by atoms with Crippen molar-refractivity contribution in [3.05, 3.63) is 35.6 Å². The van der Waals surface area contributed by atoms with Crippen molar-refractivity contribution >= 4 is 17.7 Å². The molecule has 0 radical (unpaired) electrons. The summed E-state index contributed by atoms with van der Waals surface area (Å²) in [5.41, 5.74) is 1.14. The van der Waals surface area contributed by atoms with Gasteiger partial charge in [0.15, 0.2) is 0 Å². The van der Waals surface area contributed by atoms with E-state index in [-0.39, 0.29) is 17.1 Å². The molecule has 126 valence electrons. The summed E-state index contributed by atoms with van der Waals surface area (Å²) in [5.74, 6) is 2.06. The summed E-state index contributed by atoms with van der Waals surface area (Å²) in [6, 6.07) is 7.11. The summed E-state index contributed by atoms with van der Waals surface area (Å²) in [7, 11) is 0. The van der Waals surface area contributed by atoms with Gasteiger partial charge in [-0.05, 0) is 30.5 Å². The van der Waals surface area contributed by atoms with Crippen LogP contribution in [-0.2, 0) is 10.2 Å². The fourth-order valence-electron chi connectivity index (χ4n) is 3.74. The summed E-state index contributed by atoms with van der Waals surface area (Å²) in [4.78, 5) is 12.3. The van der Waals surface area contributed by atoms with Crippen LogP contribution in [0.4, 0.5) is 4.39 Å². The number of benzene rings is 1. The van der Waals surface area contributed by atoms with Gasteiger partial charge in [0.2, 0.25) is 5.91 Å². The lowest BCUT2D eigenvalue weighted by atomic mass is 9.78. The second-order valence-electron chi connectivity index (χ2n) is 6.70. The van der Waals surface area contributed by atoms with Gasteiger partial charge in [-0.3, -0.25) is 4.79 Å². The Morgan fingerprint density at radius 3 is 2.70 bits per heavy atom. The highest BCUT2D eigenvalue weighted by molar-refractivity contribution is 7.99. The van der Waals surface area contributed by atoms with E-state index in [4.69, 9.17) is 0 Å². The van der Waals surface area contributed by atoms with Gasteiger partial charge in [0.1, 0.15) is 5.82 Å². The van der Waals surface area contributed by atoms with Gasteiger partial charge in [-0.25, -0.2) is 4.39 Å². The van der Waals surface area contributed by atoms with Crippen LogP contribution in [0.15, 0.2) is 24.3 Å². The molecule has 2 N–H and O–H groups in total. The Balaban J connectivity index is 1.59. The van der Waals surface area contributed by atoms with E-state index in [2.05, 4.69) is 10.6 Å². The van der Waals surface area contributed by atoms with Crippen molar-refractivity contribution in [3.63, 3.8) is 0 Å². The zero-order valence-corrected chi connectivity index (χ0v) is 14.3. The van der Waals surface area contributed by atoms with E-state index in [0.29, 0.717) is 19.0 Å². The first-order chi connectivity index (χ1) is 11.2. The number of nitrogens with one attached hydrogen (secondary N) is 2. The van der Waals surface area contributed by atoms with Crippen molar-refractivity contribution in [1.29, 1.82) is 0 Å². The standard InChI is InChI=1S/C18H25FN2OS/c19-15-5-3-14(4-6-15)18(7-1-2-8-18)13-21-17(22)11-16-12-23-10-9-20-16/h3-6,16,20H,1-2,7-13H2,(H,21,22). The lowest BCUT2D eigenvalue weighted by Crippen LogP contribution is -2.44. The lowest BCUT2D eigenvalue weighted by Gasteiger charge is -2.30. The molecule has 0 bridgehead atoms. The number of carbonyl (C=O) groups is 1. The number of thioether (sulfide) groups is 1. The predicted octanol–water partition coefficient (Wildman–Crippen LogP) is 2.85. The van der Waals surface area contributed by atoms with Crippen molar-refractivity contribution in [2.45, 2.75) is 43.6 Å². The number of halogens is 1. The van der Waals surface area contributed by atoms with Crippen molar-refractivity contribution in [2.24, 2.45) is 0 Å². The third-order valence-corrected chi connectivity index (χ3v) is 6.20. The quantitative estimate of drug-likeness (QED) is 0.869. The first kappa shape index (κ1) is 16.8. The summed E-state index contributed by atoms with van der Waals surface area (Å²) in [6.45, 7) is 1.65. The lowest BCUT2D eigenvalue weighted by molar-refractivity contribution is -0.121. The van der Waals surface area contributed by atoms with E-state index in [0.717, 1.165) is 36.5 Å². The molecule has 1 unspecified atom stereocenters. The predicted molar refractivity (Wildman–Crippen MR) is 93.3 cm³/mol. The van der Waals surface area contributed by atoms with Gasteiger partial charge in [0, 0.05) is 42.5 Å². The van der Waals surface area contributed by atoms with E-state index in [1.165, 1.54) is 25.0 Å². The summed E-state index contributed by atoms with van der Waals surface area (Å²) < 4.78 is 13.2. The zero-order valence-electron chi connectivity index (χ0n) is 13.4. The maximum absolute atomic E-state index is 13.2. The number of hydrogen-bond donors (Lipinski definition) is 2. The van der Waals surface area contributed by atoms with E-state index in [9.17, 15) is 9.18 Å². The number of rotatable bonds is 5. The average molecular weight is 336 g/mol. The molecule has 1 heterocycles. The number of amides is 1. The molecule has 3 nitrogen and oxygen atoms in total. The van der Waals surface area contributed by atoms with Crippen molar-refractivity contribution in [2.75, 3.05) is 24.6 Å². The first-order valence-electron chi connectivity index (χ1n) is 8.52. The van der Waals surface area contributed by atoms with Gasteiger partial charge >= 0.3 is 0 Å². The van der Waals surface area contributed by atoms with E-state index >= 15 is 0 Å². The van der Waals surface area contributed by atoms with Gasteiger partial charge in [-0.15, -0.1) is 0 Å². The van der Waals surface area contributed by atoms with E-state index in [1.54, 1.807) is 0 Å². The minimum Gasteiger partial charge on any atom is -0.355 e. The Morgan fingerprint density at radius 2 is 2.04 bits per heavy atom. The smallest absolute Gasteiger partial charge is 0.221 e. The van der Waals surface area contributed by atoms with Crippen LogP contribution in [0.25, 0.3) is 0 Å². The van der Waals surface area contributed by atoms with Gasteiger partial charge in [0.05, 0.1) is 0 Å². The summed E-state index contributed by atoms with van der Waals surface area (Å²) in [6.07, 6.45) is 5.03. The summed E-state index contributed by atoms with van der Waals surface area (Å²) >= 11 is 1.91. The molecular formula is C18H25FN2OS. The maximum Gasteiger partial charge on any atom is 0.221 e. The number of hydrogen-bond acceptors (Lipinski definition) is 3. The fraction of sp³-hybridized carbons (Fsp3) is 0.611. The third-order valence-electron chi connectivity index (χ3n) is 5.07. The molecule has 0 aromatic heterocycles. The van der Waals surface area contributed by atoms with Gasteiger partial charge < -0.3 is 10.6 Å². The third kappa shape index (κ3) is 4.27. The molecular weight excluding hydrogens is 311 g/mol. The molecule has 1 aromatic rings. The SMILES string of the molecule is O=C(CC1CSCCN1)NCC1(c2ccc(F)cc2)CCCC1. The molecule has 1 amide bonds. The van der Waals surface area contributed by atoms with Gasteiger partial charge in [-0.1, -0.05) is 25.0 Å². The maximum atomic E-state index is 13.2. The minimum atomic E-state index is -0.202. The van der Waals surface area contributed by atoms with Gasteiger partial charge in [-0.2, -0.15) is 11.8 Å². The van der Waals surface area contributed by atoms with E-state index < -0.39 is 0 Å². The Kier molecular flexibility index (Phi) is 5.59. The second kappa shape index (κ2) is 7.67. The normalized spacial score (nSPS) is 23.6. The molecule has 1 atom stereocenters. The largest absolute Gasteiger partial charge is 0.355 e. The van der Waals surface area contributed by atoms with Crippen LogP contribution in [0.5, 0.6) is 0 Å². The van der Waals surface area contributed by atoms with Crippen LogP contribution in [0, 0.1) is 5.82 Å². The van der Waals surface area contributed by atoms with Crippen LogP contribution in [-0.4, -0.2) is 36.5 Å². The molecule has 1 aliphatic carbocycles.